The van der Waals surface area contributed by atoms with Crippen LogP contribution in [0.1, 0.15) is 38.4 Å². The summed E-state index contributed by atoms with van der Waals surface area (Å²) in [6.45, 7) is 9.31. The molecular weight excluding hydrogens is 385 g/mol. The quantitative estimate of drug-likeness (QED) is 0.750. The van der Waals surface area contributed by atoms with E-state index in [4.69, 9.17) is 5.73 Å². The van der Waals surface area contributed by atoms with E-state index in [9.17, 15) is 4.79 Å². The summed E-state index contributed by atoms with van der Waals surface area (Å²) in [5, 5.41) is 7.52. The molecule has 6 nitrogen and oxygen atoms in total. The number of nitrogens with one attached hydrogen (secondary N) is 1. The third kappa shape index (κ3) is 5.08. The highest BCUT2D eigenvalue weighted by molar-refractivity contribution is 5.94. The van der Waals surface area contributed by atoms with Crippen molar-refractivity contribution in [2.45, 2.75) is 46.1 Å². The molecule has 0 fully saturated rings. The lowest BCUT2D eigenvalue weighted by molar-refractivity contribution is -0.115. The molecule has 0 saturated carbocycles. The standard InChI is InChI=1S/C19H27N5O.2ClH/c1-13-11-17(24(22-13)19(2,3)4)21-18(25)12-23-10-6-7-14-15(20)8-5-9-16(14)23;;/h5,8-9,11H,6-7,10,12,20H2,1-4H3,(H,21,25);2*1H. The molecule has 3 rings (SSSR count). The van der Waals surface area contributed by atoms with Gasteiger partial charge in [0.15, 0.2) is 0 Å². The molecule has 0 radical (unpaired) electrons. The van der Waals surface area contributed by atoms with Crippen LogP contribution in [-0.2, 0) is 16.8 Å². The number of fused-ring (bicyclic) bond motifs is 1. The van der Waals surface area contributed by atoms with Gasteiger partial charge in [-0.3, -0.25) is 4.79 Å². The number of amides is 1. The Bertz CT molecular complexity index is 798. The lowest BCUT2D eigenvalue weighted by Crippen LogP contribution is -2.37. The van der Waals surface area contributed by atoms with E-state index in [-0.39, 0.29) is 36.3 Å². The minimum Gasteiger partial charge on any atom is -0.398 e. The molecule has 1 amide bonds. The van der Waals surface area contributed by atoms with Gasteiger partial charge in [-0.05, 0) is 58.2 Å². The number of nitrogens with two attached hydrogens (primary N) is 1. The van der Waals surface area contributed by atoms with Crippen LogP contribution in [0.25, 0.3) is 0 Å². The summed E-state index contributed by atoms with van der Waals surface area (Å²) in [5.74, 6) is 0.695. The highest BCUT2D eigenvalue weighted by atomic mass is 35.5. The lowest BCUT2D eigenvalue weighted by atomic mass is 10.00. The molecule has 1 aliphatic rings. The van der Waals surface area contributed by atoms with Crippen molar-refractivity contribution < 1.29 is 4.79 Å². The molecule has 3 N–H and O–H groups in total. The molecule has 2 heterocycles. The van der Waals surface area contributed by atoms with Gasteiger partial charge in [0.1, 0.15) is 5.82 Å². The number of aryl methyl sites for hydroxylation is 1. The van der Waals surface area contributed by atoms with Crippen molar-refractivity contribution in [1.29, 1.82) is 0 Å². The number of anilines is 3. The largest absolute Gasteiger partial charge is 0.398 e. The van der Waals surface area contributed by atoms with Gasteiger partial charge in [-0.2, -0.15) is 5.10 Å². The van der Waals surface area contributed by atoms with Crippen LogP contribution in [0.4, 0.5) is 17.2 Å². The Morgan fingerprint density at radius 2 is 2.00 bits per heavy atom. The fourth-order valence-electron chi connectivity index (χ4n) is 3.35. The molecule has 1 aromatic heterocycles. The number of nitrogen functional groups attached to an aromatic ring is 1. The fourth-order valence-corrected chi connectivity index (χ4v) is 3.35. The number of aromatic nitrogens is 2. The van der Waals surface area contributed by atoms with Crippen LogP contribution in [0.3, 0.4) is 0 Å². The molecule has 0 unspecified atom stereocenters. The van der Waals surface area contributed by atoms with E-state index in [1.807, 2.05) is 35.9 Å². The Hall–Kier alpha value is -1.92. The first-order valence-electron chi connectivity index (χ1n) is 8.75. The van der Waals surface area contributed by atoms with E-state index < -0.39 is 0 Å². The number of carbonyl (C=O) groups excluding carboxylic acids is 1. The van der Waals surface area contributed by atoms with Crippen molar-refractivity contribution in [1.82, 2.24) is 9.78 Å². The fraction of sp³-hybridized carbons (Fsp3) is 0.474. The highest BCUT2D eigenvalue weighted by Gasteiger charge is 2.23. The Labute approximate surface area is 173 Å². The summed E-state index contributed by atoms with van der Waals surface area (Å²) in [7, 11) is 0. The predicted octanol–water partition coefficient (Wildman–Crippen LogP) is 3.76. The maximum absolute atomic E-state index is 12.6. The van der Waals surface area contributed by atoms with Crippen LogP contribution in [0.5, 0.6) is 0 Å². The van der Waals surface area contributed by atoms with Crippen molar-refractivity contribution >= 4 is 47.9 Å². The minimum absolute atomic E-state index is 0. The molecule has 27 heavy (non-hydrogen) atoms. The number of hydrogen-bond donors (Lipinski definition) is 2. The summed E-state index contributed by atoms with van der Waals surface area (Å²) in [4.78, 5) is 14.7. The summed E-state index contributed by atoms with van der Waals surface area (Å²) in [5.41, 5.74) is 9.82. The molecule has 0 atom stereocenters. The first-order chi connectivity index (χ1) is 11.8. The third-order valence-electron chi connectivity index (χ3n) is 4.45. The van der Waals surface area contributed by atoms with Gasteiger partial charge in [0.25, 0.3) is 0 Å². The van der Waals surface area contributed by atoms with E-state index in [1.54, 1.807) is 0 Å². The van der Waals surface area contributed by atoms with Crippen LogP contribution in [0.2, 0.25) is 0 Å². The number of nitrogens with zero attached hydrogens (tertiary/aromatic N) is 3. The van der Waals surface area contributed by atoms with Crippen molar-refractivity contribution in [3.63, 3.8) is 0 Å². The number of hydrogen-bond acceptors (Lipinski definition) is 4. The average Bonchev–Trinajstić information content (AvgIpc) is 2.89. The van der Waals surface area contributed by atoms with Gasteiger partial charge < -0.3 is 16.0 Å². The van der Waals surface area contributed by atoms with Gasteiger partial charge in [0, 0.05) is 24.0 Å². The van der Waals surface area contributed by atoms with Crippen molar-refractivity contribution in [2.24, 2.45) is 0 Å². The van der Waals surface area contributed by atoms with Crippen molar-refractivity contribution in [2.75, 3.05) is 29.0 Å². The van der Waals surface area contributed by atoms with Gasteiger partial charge in [-0.15, -0.1) is 24.8 Å². The molecule has 0 aliphatic carbocycles. The SMILES string of the molecule is Cc1cc(NC(=O)CN2CCCc3c(N)cccc32)n(C(C)(C)C)n1.Cl.Cl. The molecular formula is C19H29Cl2N5O. The first kappa shape index (κ1) is 23.1. The van der Waals surface area contributed by atoms with Gasteiger partial charge in [0.2, 0.25) is 5.91 Å². The molecule has 150 valence electrons. The highest BCUT2D eigenvalue weighted by Crippen LogP contribution is 2.31. The smallest absolute Gasteiger partial charge is 0.245 e. The van der Waals surface area contributed by atoms with Gasteiger partial charge in [-0.25, -0.2) is 4.68 Å². The van der Waals surface area contributed by atoms with E-state index in [1.165, 1.54) is 0 Å². The summed E-state index contributed by atoms with van der Waals surface area (Å²) in [6.07, 6.45) is 1.98. The number of halogens is 2. The first-order valence-corrected chi connectivity index (χ1v) is 8.75. The van der Waals surface area contributed by atoms with E-state index in [0.717, 1.165) is 47.8 Å². The zero-order valence-electron chi connectivity index (χ0n) is 16.3. The van der Waals surface area contributed by atoms with Crippen LogP contribution in [0, 0.1) is 6.92 Å². The number of rotatable bonds is 3. The second kappa shape index (κ2) is 8.85. The Morgan fingerprint density at radius 1 is 1.30 bits per heavy atom. The summed E-state index contributed by atoms with van der Waals surface area (Å²) < 4.78 is 1.86. The molecule has 1 aromatic carbocycles. The summed E-state index contributed by atoms with van der Waals surface area (Å²) >= 11 is 0. The van der Waals surface area contributed by atoms with E-state index >= 15 is 0 Å². The Kier molecular flexibility index (Phi) is 7.57. The zero-order chi connectivity index (χ0) is 18.2. The Balaban J connectivity index is 0.00000182. The van der Waals surface area contributed by atoms with Crippen LogP contribution < -0.4 is 16.0 Å². The van der Waals surface area contributed by atoms with E-state index in [2.05, 4.69) is 36.1 Å². The van der Waals surface area contributed by atoms with Crippen molar-refractivity contribution in [3.05, 3.63) is 35.5 Å². The van der Waals surface area contributed by atoms with Gasteiger partial charge in [-0.1, -0.05) is 6.07 Å². The molecule has 1 aliphatic heterocycles. The van der Waals surface area contributed by atoms with Gasteiger partial charge >= 0.3 is 0 Å². The van der Waals surface area contributed by atoms with Crippen LogP contribution in [-0.4, -0.2) is 28.8 Å². The number of carbonyl (C=O) groups is 1. The van der Waals surface area contributed by atoms with Gasteiger partial charge in [0.05, 0.1) is 17.8 Å². The molecule has 2 aromatic rings. The predicted molar refractivity (Wildman–Crippen MR) is 116 cm³/mol. The molecule has 0 spiro atoms. The number of benzene rings is 1. The molecule has 0 saturated heterocycles. The normalized spacial score (nSPS) is 13.3. The second-order valence-electron chi connectivity index (χ2n) is 7.67. The summed E-state index contributed by atoms with van der Waals surface area (Å²) in [6, 6.07) is 7.82. The topological polar surface area (TPSA) is 76.2 Å². The zero-order valence-corrected chi connectivity index (χ0v) is 17.9. The Morgan fingerprint density at radius 3 is 2.67 bits per heavy atom. The van der Waals surface area contributed by atoms with Crippen LogP contribution in [0.15, 0.2) is 24.3 Å². The second-order valence-corrected chi connectivity index (χ2v) is 7.67. The van der Waals surface area contributed by atoms with Crippen molar-refractivity contribution in [3.8, 4) is 0 Å². The van der Waals surface area contributed by atoms with Crippen LogP contribution >= 0.6 is 24.8 Å². The van der Waals surface area contributed by atoms with E-state index in [0.29, 0.717) is 6.54 Å². The lowest BCUT2D eigenvalue weighted by Gasteiger charge is -2.31. The maximum Gasteiger partial charge on any atom is 0.245 e. The average molecular weight is 414 g/mol. The molecule has 8 heteroatoms. The monoisotopic (exact) mass is 413 g/mol. The third-order valence-corrected chi connectivity index (χ3v) is 4.45. The maximum atomic E-state index is 12.6. The molecule has 0 bridgehead atoms. The minimum atomic E-state index is -0.191.